The van der Waals surface area contributed by atoms with E-state index in [9.17, 15) is 14.0 Å². The van der Waals surface area contributed by atoms with Gasteiger partial charge in [-0.05, 0) is 6.92 Å². The molecule has 0 aliphatic rings. The lowest BCUT2D eigenvalue weighted by Gasteiger charge is -2.11. The van der Waals surface area contributed by atoms with Crippen molar-refractivity contribution >= 4 is 57.6 Å². The van der Waals surface area contributed by atoms with Gasteiger partial charge in [0.2, 0.25) is 5.51 Å². The average molecular weight is 498 g/mol. The number of nitrogens with two attached hydrogens (primary N) is 1. The van der Waals surface area contributed by atoms with Gasteiger partial charge < -0.3 is 20.4 Å². The van der Waals surface area contributed by atoms with Crippen LogP contribution in [0.25, 0.3) is 0 Å². The van der Waals surface area contributed by atoms with E-state index in [2.05, 4.69) is 18.8 Å². The van der Waals surface area contributed by atoms with Crippen LogP contribution in [0.5, 0.6) is 0 Å². The van der Waals surface area contributed by atoms with Crippen molar-refractivity contribution in [2.45, 2.75) is 26.8 Å². The van der Waals surface area contributed by atoms with Gasteiger partial charge in [0.25, 0.3) is 0 Å². The highest BCUT2D eigenvalue weighted by molar-refractivity contribution is 7.60. The minimum Gasteiger partial charge on any atom is -0.383 e. The predicted molar refractivity (Wildman–Crippen MR) is 107 cm³/mol. The van der Waals surface area contributed by atoms with E-state index in [0.29, 0.717) is 18.2 Å². The molecule has 28 heavy (non-hydrogen) atoms. The van der Waals surface area contributed by atoms with Gasteiger partial charge in [-0.3, -0.25) is 4.52 Å². The molecule has 2 rings (SSSR count). The zero-order valence-corrected chi connectivity index (χ0v) is 19.0. The Morgan fingerprint density at radius 3 is 2.46 bits per heavy atom. The van der Waals surface area contributed by atoms with E-state index in [1.165, 1.54) is 11.3 Å². The summed E-state index contributed by atoms with van der Waals surface area (Å²) >= 11 is 1.40. The van der Waals surface area contributed by atoms with Crippen LogP contribution in [0.1, 0.15) is 22.0 Å². The third-order valence-electron chi connectivity index (χ3n) is 3.31. The average Bonchev–Trinajstić information content (AvgIpc) is 2.80. The van der Waals surface area contributed by atoms with Crippen LogP contribution in [0.2, 0.25) is 0 Å². The molecule has 0 bridgehead atoms. The highest BCUT2D eigenvalue weighted by atomic mass is 35.5. The largest absolute Gasteiger partial charge is 0.481 e. The second-order valence-electron chi connectivity index (χ2n) is 5.31. The van der Waals surface area contributed by atoms with E-state index in [0.717, 1.165) is 16.1 Å². The monoisotopic (exact) mass is 497 g/mol. The van der Waals surface area contributed by atoms with Crippen LogP contribution in [0, 0.1) is 13.8 Å². The van der Waals surface area contributed by atoms with Gasteiger partial charge in [-0.15, -0.1) is 24.8 Å². The number of phosphoric acid groups is 2. The third kappa shape index (κ3) is 8.38. The lowest BCUT2D eigenvalue weighted by Crippen LogP contribution is -2.35. The van der Waals surface area contributed by atoms with Crippen LogP contribution < -0.4 is 10.3 Å². The number of phosphoric ester groups is 1. The standard InChI is InChI=1S/C12H18N4O7P2S.2ClH/c1-8-11(3-4-22-25(20,21)23-24(17,18)19)26-7-16(8)6-10-5-14-9(2)15-12(10)13;;/h5,7H,3-4,6H2,1-2H3,(H4-,13,14,15,17,18,19,20,21);2*1H/p+1. The van der Waals surface area contributed by atoms with Gasteiger partial charge in [0, 0.05) is 19.5 Å². The number of aromatic nitrogens is 3. The minimum absolute atomic E-state index is 0. The number of hydrogen-bond donors (Lipinski definition) is 4. The molecule has 160 valence electrons. The quantitative estimate of drug-likeness (QED) is 0.310. The van der Waals surface area contributed by atoms with Gasteiger partial charge in [-0.2, -0.15) is 8.88 Å². The van der Waals surface area contributed by atoms with Crippen molar-refractivity contribution in [1.82, 2.24) is 9.97 Å². The lowest BCUT2D eigenvalue weighted by molar-refractivity contribution is -0.689. The number of hydrogen-bond acceptors (Lipinski definition) is 8. The fourth-order valence-electron chi connectivity index (χ4n) is 2.08. The van der Waals surface area contributed by atoms with Gasteiger partial charge in [-0.25, -0.2) is 19.1 Å². The number of thiazole rings is 1. The first-order chi connectivity index (χ1) is 12.0. The molecule has 1 atom stereocenters. The zero-order valence-electron chi connectivity index (χ0n) is 14.8. The SMILES string of the molecule is Cc1ncc(C[n+]2csc(CCOP(=O)(O)OP(=O)(O)O)c2C)c(N)n1.Cl.Cl. The van der Waals surface area contributed by atoms with Gasteiger partial charge in [0.15, 0.2) is 12.2 Å². The summed E-state index contributed by atoms with van der Waals surface area (Å²) in [7, 11) is -9.94. The number of anilines is 1. The Morgan fingerprint density at radius 1 is 1.25 bits per heavy atom. The first kappa shape index (κ1) is 27.4. The molecule has 0 spiro atoms. The van der Waals surface area contributed by atoms with Crippen LogP contribution in [-0.2, 0) is 30.9 Å². The maximum absolute atomic E-state index is 11.4. The second kappa shape index (κ2) is 10.9. The molecule has 16 heteroatoms. The molecule has 5 N–H and O–H groups in total. The third-order valence-corrected chi connectivity index (χ3v) is 6.64. The fourth-order valence-corrected chi connectivity index (χ4v) is 4.64. The first-order valence-electron chi connectivity index (χ1n) is 7.25. The molecule has 0 amide bonds. The van der Waals surface area contributed by atoms with E-state index in [1.54, 1.807) is 13.1 Å². The molecule has 0 saturated carbocycles. The molecule has 0 saturated heterocycles. The van der Waals surface area contributed by atoms with Crippen molar-refractivity contribution in [3.8, 4) is 0 Å². The molecular formula is C12H21Cl2N4O7P2S+. The highest BCUT2D eigenvalue weighted by Gasteiger charge is 2.32. The highest BCUT2D eigenvalue weighted by Crippen LogP contribution is 2.57. The van der Waals surface area contributed by atoms with E-state index in [-0.39, 0.29) is 37.8 Å². The number of halogens is 2. The van der Waals surface area contributed by atoms with Crippen molar-refractivity contribution in [3.05, 3.63) is 33.7 Å². The molecule has 0 fully saturated rings. The van der Waals surface area contributed by atoms with E-state index in [4.69, 9.17) is 15.5 Å². The molecule has 2 heterocycles. The fraction of sp³-hybridized carbons (Fsp3) is 0.417. The topological polar surface area (TPSA) is 169 Å². The van der Waals surface area contributed by atoms with Gasteiger partial charge in [0.1, 0.15) is 11.6 Å². The van der Waals surface area contributed by atoms with Crippen molar-refractivity contribution in [2.24, 2.45) is 0 Å². The number of nitrogen functional groups attached to an aromatic ring is 1. The van der Waals surface area contributed by atoms with E-state index < -0.39 is 15.6 Å². The number of aryl methyl sites for hydroxylation is 1. The normalized spacial score (nSPS) is 13.3. The molecule has 0 aromatic carbocycles. The smallest absolute Gasteiger partial charge is 0.383 e. The molecule has 2 aromatic rings. The molecule has 11 nitrogen and oxygen atoms in total. The van der Waals surface area contributed by atoms with Crippen LogP contribution in [0.4, 0.5) is 5.82 Å². The molecular weight excluding hydrogens is 477 g/mol. The van der Waals surface area contributed by atoms with Crippen molar-refractivity contribution < 1.29 is 37.2 Å². The Balaban J connectivity index is 0.00000364. The summed E-state index contributed by atoms with van der Waals surface area (Å²) in [6, 6.07) is 0. The summed E-state index contributed by atoms with van der Waals surface area (Å²) < 4.78 is 32.2. The van der Waals surface area contributed by atoms with E-state index in [1.807, 2.05) is 17.0 Å². The zero-order chi connectivity index (χ0) is 19.5. The summed E-state index contributed by atoms with van der Waals surface area (Å²) in [6.07, 6.45) is 1.92. The lowest BCUT2D eigenvalue weighted by atomic mass is 10.2. The molecule has 0 aliphatic carbocycles. The summed E-state index contributed by atoms with van der Waals surface area (Å²) in [6.45, 7) is 3.83. The maximum Gasteiger partial charge on any atom is 0.481 e. The number of nitrogens with zero attached hydrogens (tertiary/aromatic N) is 3. The number of rotatable bonds is 8. The summed E-state index contributed by atoms with van der Waals surface area (Å²) in [5, 5.41) is 0. The molecule has 0 aliphatic heterocycles. The Bertz CT molecular complexity index is 895. The van der Waals surface area contributed by atoms with Crippen LogP contribution in [-0.4, -0.2) is 31.3 Å². The molecule has 0 radical (unpaired) electrons. The van der Waals surface area contributed by atoms with Gasteiger partial charge >= 0.3 is 15.6 Å². The van der Waals surface area contributed by atoms with Crippen molar-refractivity contribution in [2.75, 3.05) is 12.3 Å². The van der Waals surface area contributed by atoms with Crippen LogP contribution in [0.15, 0.2) is 11.7 Å². The Labute approximate surface area is 177 Å². The van der Waals surface area contributed by atoms with Gasteiger partial charge in [-0.1, -0.05) is 11.3 Å². The summed E-state index contributed by atoms with van der Waals surface area (Å²) in [5.74, 6) is 0.985. The predicted octanol–water partition coefficient (Wildman–Crippen LogP) is 1.69. The van der Waals surface area contributed by atoms with Gasteiger partial charge in [0.05, 0.1) is 17.0 Å². The van der Waals surface area contributed by atoms with Crippen LogP contribution in [0.3, 0.4) is 0 Å². The maximum atomic E-state index is 11.4. The Morgan fingerprint density at radius 2 is 1.89 bits per heavy atom. The molecule has 1 unspecified atom stereocenters. The van der Waals surface area contributed by atoms with Crippen LogP contribution >= 0.6 is 51.8 Å². The summed E-state index contributed by atoms with van der Waals surface area (Å²) in [5.41, 5.74) is 9.40. The first-order valence-corrected chi connectivity index (χ1v) is 11.2. The summed E-state index contributed by atoms with van der Waals surface area (Å²) in [4.78, 5) is 35.4. The van der Waals surface area contributed by atoms with Crippen molar-refractivity contribution in [1.29, 1.82) is 0 Å². The molecule has 2 aromatic heterocycles. The Hall–Kier alpha value is -0.650. The van der Waals surface area contributed by atoms with Crippen molar-refractivity contribution in [3.63, 3.8) is 0 Å². The second-order valence-corrected chi connectivity index (χ2v) is 9.08. The van der Waals surface area contributed by atoms with E-state index >= 15 is 0 Å². The Kier molecular flexibility index (Phi) is 10.7. The minimum atomic E-state index is -5.12.